The van der Waals surface area contributed by atoms with E-state index < -0.39 is 9.84 Å². The average Bonchev–Trinajstić information content (AvgIpc) is 2.92. The molecule has 7 heteroatoms. The highest BCUT2D eigenvalue weighted by molar-refractivity contribution is 7.91. The van der Waals surface area contributed by atoms with E-state index in [1.54, 1.807) is 12.3 Å². The zero-order valence-corrected chi connectivity index (χ0v) is 15.4. The van der Waals surface area contributed by atoms with Crippen LogP contribution in [0.5, 0.6) is 0 Å². The van der Waals surface area contributed by atoms with Gasteiger partial charge in [-0.3, -0.25) is 0 Å². The topological polar surface area (TPSA) is 75.2 Å². The summed E-state index contributed by atoms with van der Waals surface area (Å²) in [5, 5.41) is 3.24. The van der Waals surface area contributed by atoms with E-state index in [9.17, 15) is 8.42 Å². The first-order valence-electron chi connectivity index (χ1n) is 8.53. The Morgan fingerprint density at radius 3 is 2.64 bits per heavy atom. The molecule has 0 aliphatic carbocycles. The number of nitrogens with zero attached hydrogens (tertiary/aromatic N) is 3. The molecule has 3 rings (SSSR count). The van der Waals surface area contributed by atoms with Crippen molar-refractivity contribution in [2.24, 2.45) is 0 Å². The number of hydrogen-bond acceptors (Lipinski definition) is 6. The highest BCUT2D eigenvalue weighted by Gasteiger charge is 2.28. The van der Waals surface area contributed by atoms with Gasteiger partial charge in [0.05, 0.1) is 11.5 Å². The second kappa shape index (κ2) is 7.39. The van der Waals surface area contributed by atoms with Gasteiger partial charge in [-0.2, -0.15) is 4.98 Å². The molecule has 25 heavy (non-hydrogen) atoms. The third kappa shape index (κ3) is 4.69. The molecule has 1 fully saturated rings. The second-order valence-corrected chi connectivity index (χ2v) is 8.92. The molecule has 1 atom stereocenters. The average molecular weight is 360 g/mol. The Kier molecular flexibility index (Phi) is 5.22. The van der Waals surface area contributed by atoms with Crippen LogP contribution in [-0.2, 0) is 16.4 Å². The van der Waals surface area contributed by atoms with E-state index in [-0.39, 0.29) is 23.6 Å². The standard InChI is InChI=1S/C18H24N4O2S/c1-14(2)22(12-15-6-4-3-5-7-15)18-19-10-8-17(21-18)20-16-9-11-25(23,24)13-16/h3-8,10,14,16H,9,11-13H2,1-2H3,(H,19,20,21). The first-order valence-corrected chi connectivity index (χ1v) is 10.4. The van der Waals surface area contributed by atoms with E-state index in [4.69, 9.17) is 0 Å². The minimum Gasteiger partial charge on any atom is -0.366 e. The number of aromatic nitrogens is 2. The summed E-state index contributed by atoms with van der Waals surface area (Å²) in [7, 11) is -2.91. The molecular weight excluding hydrogens is 336 g/mol. The van der Waals surface area contributed by atoms with Gasteiger partial charge in [0.1, 0.15) is 5.82 Å². The minimum absolute atomic E-state index is 0.0747. The fraction of sp³-hybridized carbons (Fsp3) is 0.444. The molecule has 0 radical (unpaired) electrons. The predicted molar refractivity (Wildman–Crippen MR) is 100 cm³/mol. The van der Waals surface area contributed by atoms with Crippen LogP contribution >= 0.6 is 0 Å². The van der Waals surface area contributed by atoms with E-state index in [2.05, 4.69) is 46.2 Å². The van der Waals surface area contributed by atoms with Gasteiger partial charge in [0.25, 0.3) is 0 Å². The zero-order chi connectivity index (χ0) is 17.9. The summed E-state index contributed by atoms with van der Waals surface area (Å²) in [5.74, 6) is 1.73. The minimum atomic E-state index is -2.91. The maximum absolute atomic E-state index is 11.6. The smallest absolute Gasteiger partial charge is 0.227 e. The number of rotatable bonds is 6. The molecule has 1 N–H and O–H groups in total. The normalized spacial score (nSPS) is 19.1. The molecule has 6 nitrogen and oxygen atoms in total. The second-order valence-electron chi connectivity index (χ2n) is 6.69. The number of hydrogen-bond donors (Lipinski definition) is 1. The van der Waals surface area contributed by atoms with Gasteiger partial charge in [0, 0.05) is 24.8 Å². The third-order valence-electron chi connectivity index (χ3n) is 4.30. The van der Waals surface area contributed by atoms with Crippen LogP contribution in [0.15, 0.2) is 42.6 Å². The van der Waals surface area contributed by atoms with Crippen molar-refractivity contribution in [2.45, 2.75) is 38.9 Å². The van der Waals surface area contributed by atoms with E-state index in [0.29, 0.717) is 18.2 Å². The molecule has 134 valence electrons. The molecule has 1 aliphatic heterocycles. The van der Waals surface area contributed by atoms with Crippen molar-refractivity contribution in [2.75, 3.05) is 21.7 Å². The summed E-state index contributed by atoms with van der Waals surface area (Å²) >= 11 is 0. The Morgan fingerprint density at radius 1 is 1.24 bits per heavy atom. The Balaban J connectivity index is 1.76. The van der Waals surface area contributed by atoms with Crippen LogP contribution < -0.4 is 10.2 Å². The molecule has 1 unspecified atom stereocenters. The van der Waals surface area contributed by atoms with Gasteiger partial charge in [-0.1, -0.05) is 30.3 Å². The molecule has 0 saturated carbocycles. The molecule has 1 saturated heterocycles. The SMILES string of the molecule is CC(C)N(Cc1ccccc1)c1nccc(NC2CCS(=O)(=O)C2)n1. The number of benzene rings is 1. The van der Waals surface area contributed by atoms with Crippen LogP contribution in [0.1, 0.15) is 25.8 Å². The highest BCUT2D eigenvalue weighted by atomic mass is 32.2. The molecule has 1 aromatic carbocycles. The van der Waals surface area contributed by atoms with Gasteiger partial charge in [0.15, 0.2) is 9.84 Å². The lowest BCUT2D eigenvalue weighted by molar-refractivity contribution is 0.602. The van der Waals surface area contributed by atoms with Crippen LogP contribution in [-0.4, -0.2) is 42.0 Å². The molecular formula is C18H24N4O2S. The molecule has 0 spiro atoms. The van der Waals surface area contributed by atoms with Gasteiger partial charge in [-0.25, -0.2) is 13.4 Å². The van der Waals surface area contributed by atoms with Crippen molar-refractivity contribution < 1.29 is 8.42 Å². The van der Waals surface area contributed by atoms with E-state index in [1.165, 1.54) is 5.56 Å². The Bertz CT molecular complexity index is 809. The lowest BCUT2D eigenvalue weighted by atomic mass is 10.2. The van der Waals surface area contributed by atoms with Gasteiger partial charge < -0.3 is 10.2 Å². The lowest BCUT2D eigenvalue weighted by Gasteiger charge is -2.27. The number of anilines is 2. The van der Waals surface area contributed by atoms with Crippen molar-refractivity contribution >= 4 is 21.6 Å². The van der Waals surface area contributed by atoms with Gasteiger partial charge >= 0.3 is 0 Å². The van der Waals surface area contributed by atoms with Gasteiger partial charge in [-0.05, 0) is 31.9 Å². The maximum Gasteiger partial charge on any atom is 0.227 e. The summed E-state index contributed by atoms with van der Waals surface area (Å²) in [4.78, 5) is 11.2. The number of nitrogens with one attached hydrogen (secondary N) is 1. The van der Waals surface area contributed by atoms with Crippen LogP contribution in [0.25, 0.3) is 0 Å². The first-order chi connectivity index (χ1) is 11.9. The monoisotopic (exact) mass is 360 g/mol. The summed E-state index contributed by atoms with van der Waals surface area (Å²) in [6.45, 7) is 4.94. The maximum atomic E-state index is 11.6. The van der Waals surface area contributed by atoms with E-state index in [1.807, 2.05) is 18.2 Å². The predicted octanol–water partition coefficient (Wildman–Crippen LogP) is 2.49. The molecule has 1 aliphatic rings. The van der Waals surface area contributed by atoms with Gasteiger partial charge in [0.2, 0.25) is 5.95 Å². The summed E-state index contributed by atoms with van der Waals surface area (Å²) in [5.41, 5.74) is 1.19. The third-order valence-corrected chi connectivity index (χ3v) is 6.07. The van der Waals surface area contributed by atoms with Crippen molar-refractivity contribution in [1.29, 1.82) is 0 Å². The van der Waals surface area contributed by atoms with Gasteiger partial charge in [-0.15, -0.1) is 0 Å². The molecule has 2 aromatic rings. The Labute approximate surface area is 149 Å². The molecule has 0 amide bonds. The Morgan fingerprint density at radius 2 is 2.00 bits per heavy atom. The number of sulfone groups is 1. The fourth-order valence-electron chi connectivity index (χ4n) is 2.95. The fourth-order valence-corrected chi connectivity index (χ4v) is 4.62. The summed E-state index contributed by atoms with van der Waals surface area (Å²) in [6.07, 6.45) is 2.34. The summed E-state index contributed by atoms with van der Waals surface area (Å²) in [6, 6.07) is 12.2. The van der Waals surface area contributed by atoms with Crippen molar-refractivity contribution in [3.63, 3.8) is 0 Å². The van der Waals surface area contributed by atoms with Crippen LogP contribution in [0.3, 0.4) is 0 Å². The molecule has 2 heterocycles. The van der Waals surface area contributed by atoms with Crippen LogP contribution in [0, 0.1) is 0 Å². The van der Waals surface area contributed by atoms with E-state index in [0.717, 1.165) is 6.54 Å². The highest BCUT2D eigenvalue weighted by Crippen LogP contribution is 2.20. The van der Waals surface area contributed by atoms with E-state index >= 15 is 0 Å². The van der Waals surface area contributed by atoms with Crippen molar-refractivity contribution in [3.05, 3.63) is 48.2 Å². The first kappa shape index (κ1) is 17.7. The van der Waals surface area contributed by atoms with Crippen LogP contribution in [0.4, 0.5) is 11.8 Å². The largest absolute Gasteiger partial charge is 0.366 e. The molecule has 1 aromatic heterocycles. The quantitative estimate of drug-likeness (QED) is 0.853. The van der Waals surface area contributed by atoms with Crippen LogP contribution in [0.2, 0.25) is 0 Å². The van der Waals surface area contributed by atoms with Crippen molar-refractivity contribution in [1.82, 2.24) is 9.97 Å². The zero-order valence-electron chi connectivity index (χ0n) is 14.6. The summed E-state index contributed by atoms with van der Waals surface area (Å²) < 4.78 is 23.2. The van der Waals surface area contributed by atoms with Crippen molar-refractivity contribution in [3.8, 4) is 0 Å². The lowest BCUT2D eigenvalue weighted by Crippen LogP contribution is -2.32. The molecule has 0 bridgehead atoms. The Hall–Kier alpha value is -2.15.